The molecular formula is C20H27N5O5. The Kier molecular flexibility index (Phi) is 6.06. The fourth-order valence-corrected chi connectivity index (χ4v) is 4.09. The van der Waals surface area contributed by atoms with Crippen molar-refractivity contribution in [2.45, 2.75) is 51.1 Å². The van der Waals surface area contributed by atoms with Gasteiger partial charge in [0.25, 0.3) is 0 Å². The first-order valence-corrected chi connectivity index (χ1v) is 9.94. The molecule has 0 aromatic carbocycles. The van der Waals surface area contributed by atoms with Crippen molar-refractivity contribution < 1.29 is 24.3 Å². The van der Waals surface area contributed by atoms with Gasteiger partial charge in [-0.2, -0.15) is 0 Å². The first-order chi connectivity index (χ1) is 14.1. The molecule has 4 amide bonds. The van der Waals surface area contributed by atoms with Gasteiger partial charge < -0.3 is 15.3 Å². The molecule has 162 valence electrons. The molecule has 1 aromatic rings. The average molecular weight is 417 g/mol. The van der Waals surface area contributed by atoms with Crippen LogP contribution in [0.25, 0.3) is 0 Å². The van der Waals surface area contributed by atoms with Crippen LogP contribution in [0.15, 0.2) is 18.3 Å². The second kappa shape index (κ2) is 8.39. The summed E-state index contributed by atoms with van der Waals surface area (Å²) in [6, 6.07) is 3.16. The molecule has 0 bridgehead atoms. The molecule has 3 N–H and O–H groups in total. The number of aromatic nitrogens is 1. The lowest BCUT2D eigenvalue weighted by Crippen LogP contribution is -2.59. The van der Waals surface area contributed by atoms with Crippen LogP contribution in [-0.4, -0.2) is 75.4 Å². The maximum absolute atomic E-state index is 12.6. The molecule has 0 radical (unpaired) electrons. The van der Waals surface area contributed by atoms with Gasteiger partial charge in [0.15, 0.2) is 0 Å². The molecular weight excluding hydrogens is 390 g/mol. The lowest BCUT2D eigenvalue weighted by Gasteiger charge is -2.42. The molecule has 3 atom stereocenters. The number of rotatable bonds is 4. The van der Waals surface area contributed by atoms with Gasteiger partial charge in [0.05, 0.1) is 12.0 Å². The minimum atomic E-state index is -0.958. The second-order valence-corrected chi connectivity index (χ2v) is 8.25. The summed E-state index contributed by atoms with van der Waals surface area (Å²) in [6.45, 7) is 6.33. The van der Waals surface area contributed by atoms with E-state index in [1.54, 1.807) is 19.1 Å². The topological polar surface area (TPSA) is 132 Å². The number of anilines is 1. The van der Waals surface area contributed by atoms with Gasteiger partial charge in [-0.3, -0.25) is 24.6 Å². The number of carbonyl (C=O) groups is 4. The van der Waals surface area contributed by atoms with Crippen LogP contribution in [0.3, 0.4) is 0 Å². The Morgan fingerprint density at radius 1 is 1.30 bits per heavy atom. The first kappa shape index (κ1) is 21.7. The van der Waals surface area contributed by atoms with Crippen LogP contribution in [-0.2, 0) is 19.8 Å². The highest BCUT2D eigenvalue weighted by atomic mass is 16.4. The van der Waals surface area contributed by atoms with E-state index < -0.39 is 11.5 Å². The van der Waals surface area contributed by atoms with Gasteiger partial charge in [-0.15, -0.1) is 0 Å². The third kappa shape index (κ3) is 4.43. The van der Waals surface area contributed by atoms with Gasteiger partial charge in [-0.05, 0) is 44.9 Å². The molecule has 10 heteroatoms. The Morgan fingerprint density at radius 2 is 1.97 bits per heavy atom. The largest absolute Gasteiger partial charge is 0.465 e. The minimum Gasteiger partial charge on any atom is -0.465 e. The molecule has 1 aromatic heterocycles. The number of nitrogens with one attached hydrogen (secondary N) is 2. The van der Waals surface area contributed by atoms with E-state index in [1.165, 1.54) is 11.1 Å². The number of amides is 4. The lowest BCUT2D eigenvalue weighted by molar-refractivity contribution is -0.137. The van der Waals surface area contributed by atoms with Crippen LogP contribution in [0, 0.1) is 0 Å². The van der Waals surface area contributed by atoms with Crippen molar-refractivity contribution in [3.8, 4) is 0 Å². The van der Waals surface area contributed by atoms with Crippen LogP contribution >= 0.6 is 0 Å². The Balaban J connectivity index is 1.66. The van der Waals surface area contributed by atoms with E-state index in [9.17, 15) is 24.3 Å². The summed E-state index contributed by atoms with van der Waals surface area (Å²) in [6.07, 6.45) is 1.21. The fraction of sp³-hybridized carbons (Fsp3) is 0.550. The van der Waals surface area contributed by atoms with Crippen molar-refractivity contribution >= 4 is 29.6 Å². The van der Waals surface area contributed by atoms with Crippen molar-refractivity contribution in [3.63, 3.8) is 0 Å². The maximum Gasteiger partial charge on any atom is 0.407 e. The lowest BCUT2D eigenvalue weighted by atomic mass is 9.76. The highest BCUT2D eigenvalue weighted by Gasteiger charge is 2.40. The van der Waals surface area contributed by atoms with Crippen molar-refractivity contribution in [1.29, 1.82) is 0 Å². The summed E-state index contributed by atoms with van der Waals surface area (Å²) in [5, 5.41) is 14.3. The number of pyridine rings is 1. The van der Waals surface area contributed by atoms with E-state index in [1.807, 2.05) is 18.7 Å². The number of carbonyl (C=O) groups excluding carboxylic acids is 3. The van der Waals surface area contributed by atoms with Crippen LogP contribution in [0.1, 0.15) is 39.2 Å². The molecule has 3 heterocycles. The number of hydrogen-bond acceptors (Lipinski definition) is 6. The minimum absolute atomic E-state index is 0.0997. The van der Waals surface area contributed by atoms with Crippen LogP contribution in [0.4, 0.5) is 10.6 Å². The van der Waals surface area contributed by atoms with Gasteiger partial charge in [0.1, 0.15) is 5.82 Å². The number of imide groups is 1. The van der Waals surface area contributed by atoms with E-state index in [0.29, 0.717) is 30.9 Å². The van der Waals surface area contributed by atoms with E-state index in [2.05, 4.69) is 15.6 Å². The van der Waals surface area contributed by atoms with E-state index in [4.69, 9.17) is 0 Å². The van der Waals surface area contributed by atoms with E-state index >= 15 is 0 Å². The highest BCUT2D eigenvalue weighted by molar-refractivity contribution is 6.03. The Labute approximate surface area is 174 Å². The zero-order valence-electron chi connectivity index (χ0n) is 17.3. The number of piperidine rings is 1. The Morgan fingerprint density at radius 3 is 2.57 bits per heavy atom. The van der Waals surface area contributed by atoms with Crippen LogP contribution < -0.4 is 10.6 Å². The number of carboxylic acid groups (broad SMARTS) is 1. The van der Waals surface area contributed by atoms with Gasteiger partial charge >= 0.3 is 6.09 Å². The van der Waals surface area contributed by atoms with Crippen molar-refractivity contribution in [2.24, 2.45) is 0 Å². The number of nitrogens with zero attached hydrogens (tertiary/aromatic N) is 3. The van der Waals surface area contributed by atoms with E-state index in [-0.39, 0.29) is 42.8 Å². The van der Waals surface area contributed by atoms with Gasteiger partial charge in [0.2, 0.25) is 17.7 Å². The second-order valence-electron chi connectivity index (χ2n) is 8.25. The third-order valence-corrected chi connectivity index (χ3v) is 5.97. The molecule has 0 saturated carbocycles. The van der Waals surface area contributed by atoms with Crippen LogP contribution in [0.5, 0.6) is 0 Å². The summed E-state index contributed by atoms with van der Waals surface area (Å²) in [7, 11) is 0. The van der Waals surface area contributed by atoms with Gasteiger partial charge in [0, 0.05) is 37.8 Å². The van der Waals surface area contributed by atoms with Crippen molar-refractivity contribution in [2.75, 3.05) is 25.0 Å². The molecule has 10 nitrogen and oxygen atoms in total. The summed E-state index contributed by atoms with van der Waals surface area (Å²) in [5.74, 6) is -0.587. The summed E-state index contributed by atoms with van der Waals surface area (Å²) >= 11 is 0. The van der Waals surface area contributed by atoms with Crippen molar-refractivity contribution in [3.05, 3.63) is 23.9 Å². The van der Waals surface area contributed by atoms with Gasteiger partial charge in [-0.25, -0.2) is 9.78 Å². The summed E-state index contributed by atoms with van der Waals surface area (Å²) in [4.78, 5) is 55.2. The smallest absolute Gasteiger partial charge is 0.407 e. The fourth-order valence-electron chi connectivity index (χ4n) is 4.09. The molecule has 0 aliphatic carbocycles. The molecule has 2 fully saturated rings. The Hall–Kier alpha value is -3.01. The maximum atomic E-state index is 12.6. The normalized spacial score (nSPS) is 27.5. The zero-order chi connectivity index (χ0) is 22.1. The van der Waals surface area contributed by atoms with Crippen LogP contribution in [0.2, 0.25) is 0 Å². The first-order valence-electron chi connectivity index (χ1n) is 9.94. The van der Waals surface area contributed by atoms with E-state index in [0.717, 1.165) is 0 Å². The van der Waals surface area contributed by atoms with Gasteiger partial charge in [-0.1, -0.05) is 0 Å². The average Bonchev–Trinajstić information content (AvgIpc) is 2.68. The number of hydrogen-bond donors (Lipinski definition) is 3. The summed E-state index contributed by atoms with van der Waals surface area (Å²) < 4.78 is 0. The quantitative estimate of drug-likeness (QED) is 0.617. The van der Waals surface area contributed by atoms with Crippen molar-refractivity contribution in [1.82, 2.24) is 20.1 Å². The molecule has 2 unspecified atom stereocenters. The molecule has 2 saturated heterocycles. The molecule has 30 heavy (non-hydrogen) atoms. The SMILES string of the molecule is CC1CN(C(=O)O)C[C@H](C)N1CC(=O)Nc1cc(C2(C)CCC(=O)NC2=O)ccn1. The standard InChI is InChI=1S/C20H27N5O5/c1-12-9-24(19(29)30)10-13(2)25(12)11-17(27)22-15-8-14(5-7-21-15)20(3)6-4-16(26)23-18(20)28/h5,7-8,12-13H,4,6,9-11H2,1-3H3,(H,29,30)(H,21,22,27)(H,23,26,28)/t12-,13?,20?/m0/s1. The Bertz CT molecular complexity index is 863. The zero-order valence-corrected chi connectivity index (χ0v) is 17.3. The predicted molar refractivity (Wildman–Crippen MR) is 108 cm³/mol. The third-order valence-electron chi connectivity index (χ3n) is 5.97. The highest BCUT2D eigenvalue weighted by Crippen LogP contribution is 2.32. The number of piperazine rings is 1. The predicted octanol–water partition coefficient (Wildman–Crippen LogP) is 0.787. The molecule has 0 spiro atoms. The molecule has 2 aliphatic heterocycles. The summed E-state index contributed by atoms with van der Waals surface area (Å²) in [5.41, 5.74) is -0.193. The molecule has 2 aliphatic rings. The monoisotopic (exact) mass is 417 g/mol. The molecule has 3 rings (SSSR count).